The van der Waals surface area contributed by atoms with Gasteiger partial charge in [0.2, 0.25) is 0 Å². The Labute approximate surface area is 80.5 Å². The fourth-order valence-electron chi connectivity index (χ4n) is 0.945. The average molecular weight is 202 g/mol. The van der Waals surface area contributed by atoms with Crippen LogP contribution in [0.15, 0.2) is 18.2 Å². The number of Topliss-reactive ketones (excluding diaryl/α,β-unsaturated/α-hetero) is 1. The number of ketones is 1. The van der Waals surface area contributed by atoms with Gasteiger partial charge in [0, 0.05) is 5.69 Å². The average Bonchev–Trinajstić information content (AvgIpc) is 2.03. The molecule has 0 aromatic heterocycles. The van der Waals surface area contributed by atoms with Crippen molar-refractivity contribution >= 4 is 23.1 Å². The van der Waals surface area contributed by atoms with Crippen molar-refractivity contribution in [1.82, 2.24) is 0 Å². The van der Waals surface area contributed by atoms with Gasteiger partial charge in [0.1, 0.15) is 5.82 Å². The van der Waals surface area contributed by atoms with E-state index in [1.165, 1.54) is 19.1 Å². The molecule has 0 heterocycles. The Hall–Kier alpha value is -1.09. The Balaban J connectivity index is 3.09. The second-order valence-corrected chi connectivity index (χ2v) is 3.37. The summed E-state index contributed by atoms with van der Waals surface area (Å²) in [6, 6.07) is 3.91. The van der Waals surface area contributed by atoms with Crippen LogP contribution in [0, 0.1) is 5.82 Å². The van der Waals surface area contributed by atoms with Crippen molar-refractivity contribution in [3.63, 3.8) is 0 Å². The third-order valence-corrected chi connectivity index (χ3v) is 1.82. The molecule has 1 atom stereocenters. The van der Waals surface area contributed by atoms with Crippen LogP contribution in [0.5, 0.6) is 0 Å². The highest BCUT2D eigenvalue weighted by atomic mass is 35.5. The number of alkyl halides is 1. The maximum Gasteiger partial charge on any atom is 0.183 e. The van der Waals surface area contributed by atoms with Crippen LogP contribution in [0.4, 0.5) is 10.1 Å². The molecule has 0 amide bonds. The minimum absolute atomic E-state index is 0.0169. The summed E-state index contributed by atoms with van der Waals surface area (Å²) in [4.78, 5) is 11.3. The molecule has 0 saturated heterocycles. The van der Waals surface area contributed by atoms with Crippen molar-refractivity contribution in [2.45, 2.75) is 12.3 Å². The first-order valence-electron chi connectivity index (χ1n) is 3.75. The van der Waals surface area contributed by atoms with Crippen molar-refractivity contribution in [1.29, 1.82) is 0 Å². The van der Waals surface area contributed by atoms with Crippen molar-refractivity contribution in [2.24, 2.45) is 0 Å². The monoisotopic (exact) mass is 201 g/mol. The Morgan fingerprint density at radius 1 is 1.62 bits per heavy atom. The molecule has 0 fully saturated rings. The molecule has 0 aliphatic heterocycles. The quantitative estimate of drug-likeness (QED) is 0.453. The van der Waals surface area contributed by atoms with Gasteiger partial charge in [-0.25, -0.2) is 4.39 Å². The van der Waals surface area contributed by atoms with Gasteiger partial charge < -0.3 is 5.73 Å². The third-order valence-electron chi connectivity index (χ3n) is 1.62. The fourth-order valence-corrected chi connectivity index (χ4v) is 1.06. The van der Waals surface area contributed by atoms with Crippen LogP contribution in [0.3, 0.4) is 0 Å². The Kier molecular flexibility index (Phi) is 2.88. The zero-order valence-corrected chi connectivity index (χ0v) is 7.81. The lowest BCUT2D eigenvalue weighted by atomic mass is 10.1. The summed E-state index contributed by atoms with van der Waals surface area (Å²) >= 11 is 5.53. The van der Waals surface area contributed by atoms with Crippen molar-refractivity contribution in [3.8, 4) is 0 Å². The molecule has 1 aromatic carbocycles. The number of anilines is 1. The van der Waals surface area contributed by atoms with E-state index >= 15 is 0 Å². The van der Waals surface area contributed by atoms with E-state index in [-0.39, 0.29) is 11.3 Å². The summed E-state index contributed by atoms with van der Waals surface area (Å²) in [5.74, 6) is -1.06. The molecule has 0 radical (unpaired) electrons. The molecule has 2 N–H and O–H groups in total. The number of nitrogen functional groups attached to an aromatic ring is 1. The normalized spacial score (nSPS) is 12.5. The molecule has 2 nitrogen and oxygen atoms in total. The lowest BCUT2D eigenvalue weighted by Crippen LogP contribution is -2.12. The van der Waals surface area contributed by atoms with Crippen LogP contribution in [0.25, 0.3) is 0 Å². The van der Waals surface area contributed by atoms with E-state index in [2.05, 4.69) is 0 Å². The van der Waals surface area contributed by atoms with Crippen LogP contribution >= 0.6 is 11.6 Å². The van der Waals surface area contributed by atoms with E-state index in [1.54, 1.807) is 0 Å². The van der Waals surface area contributed by atoms with Gasteiger partial charge in [-0.2, -0.15) is 0 Å². The maximum atomic E-state index is 13.1. The molecule has 70 valence electrons. The summed E-state index contributed by atoms with van der Waals surface area (Å²) in [5.41, 5.74) is 5.59. The molecule has 1 aromatic rings. The largest absolute Gasteiger partial charge is 0.399 e. The summed E-state index contributed by atoms with van der Waals surface area (Å²) in [6.07, 6.45) is 0. The Morgan fingerprint density at radius 2 is 2.23 bits per heavy atom. The summed E-state index contributed by atoms with van der Waals surface area (Å²) < 4.78 is 13.1. The highest BCUT2D eigenvalue weighted by Gasteiger charge is 2.16. The van der Waals surface area contributed by atoms with E-state index in [0.29, 0.717) is 0 Å². The molecule has 1 rings (SSSR count). The van der Waals surface area contributed by atoms with Crippen LogP contribution < -0.4 is 5.73 Å². The summed E-state index contributed by atoms with van der Waals surface area (Å²) in [5, 5.41) is -0.724. The molecule has 0 spiro atoms. The van der Waals surface area contributed by atoms with Gasteiger partial charge in [-0.05, 0) is 25.1 Å². The Bertz CT molecular complexity index is 338. The second kappa shape index (κ2) is 3.75. The van der Waals surface area contributed by atoms with Crippen LogP contribution in [0.1, 0.15) is 17.3 Å². The van der Waals surface area contributed by atoms with Crippen LogP contribution in [0.2, 0.25) is 0 Å². The molecule has 0 saturated carbocycles. The Morgan fingerprint density at radius 3 is 2.69 bits per heavy atom. The molecule has 1 unspecified atom stereocenters. The highest BCUT2D eigenvalue weighted by molar-refractivity contribution is 6.33. The van der Waals surface area contributed by atoms with Gasteiger partial charge in [0.15, 0.2) is 5.78 Å². The van der Waals surface area contributed by atoms with E-state index < -0.39 is 17.0 Å². The molecule has 0 aliphatic rings. The number of halogens is 2. The van der Waals surface area contributed by atoms with Gasteiger partial charge in [0.05, 0.1) is 10.9 Å². The zero-order valence-electron chi connectivity index (χ0n) is 7.05. The zero-order chi connectivity index (χ0) is 10.0. The maximum absolute atomic E-state index is 13.1. The number of carbonyl (C=O) groups excluding carboxylic acids is 1. The number of carbonyl (C=O) groups is 1. The SMILES string of the molecule is CC(Cl)C(=O)c1ccc(N)cc1F. The number of rotatable bonds is 2. The topological polar surface area (TPSA) is 43.1 Å². The molecule has 0 bridgehead atoms. The molecule has 13 heavy (non-hydrogen) atoms. The van der Waals surface area contributed by atoms with Crippen LogP contribution in [-0.2, 0) is 0 Å². The first-order valence-corrected chi connectivity index (χ1v) is 4.19. The van der Waals surface area contributed by atoms with Gasteiger partial charge >= 0.3 is 0 Å². The minimum Gasteiger partial charge on any atom is -0.399 e. The van der Waals surface area contributed by atoms with Crippen molar-refractivity contribution in [2.75, 3.05) is 5.73 Å². The molecule has 0 aliphatic carbocycles. The van der Waals surface area contributed by atoms with Crippen LogP contribution in [-0.4, -0.2) is 11.2 Å². The van der Waals surface area contributed by atoms with Gasteiger partial charge in [0.25, 0.3) is 0 Å². The number of hydrogen-bond donors (Lipinski definition) is 1. The third kappa shape index (κ3) is 2.18. The number of benzene rings is 1. The van der Waals surface area contributed by atoms with Gasteiger partial charge in [-0.1, -0.05) is 0 Å². The highest BCUT2D eigenvalue weighted by Crippen LogP contribution is 2.15. The van der Waals surface area contributed by atoms with Crippen molar-refractivity contribution in [3.05, 3.63) is 29.6 Å². The van der Waals surface area contributed by atoms with Gasteiger partial charge in [-0.15, -0.1) is 11.6 Å². The minimum atomic E-state index is -0.724. The second-order valence-electron chi connectivity index (χ2n) is 2.72. The smallest absolute Gasteiger partial charge is 0.183 e. The van der Waals surface area contributed by atoms with E-state index in [1.807, 2.05) is 0 Å². The van der Waals surface area contributed by atoms with E-state index in [9.17, 15) is 9.18 Å². The standard InChI is InChI=1S/C9H9ClFNO/c1-5(10)9(13)7-3-2-6(12)4-8(7)11/h2-5H,12H2,1H3. The van der Waals surface area contributed by atoms with Crippen molar-refractivity contribution < 1.29 is 9.18 Å². The fraction of sp³-hybridized carbons (Fsp3) is 0.222. The molecular weight excluding hydrogens is 193 g/mol. The summed E-state index contributed by atoms with van der Waals surface area (Å²) in [6.45, 7) is 1.50. The summed E-state index contributed by atoms with van der Waals surface area (Å²) in [7, 11) is 0. The van der Waals surface area contributed by atoms with Gasteiger partial charge in [-0.3, -0.25) is 4.79 Å². The first-order chi connectivity index (χ1) is 6.02. The van der Waals surface area contributed by atoms with E-state index in [0.717, 1.165) is 6.07 Å². The first kappa shape index (κ1) is 9.99. The predicted octanol–water partition coefficient (Wildman–Crippen LogP) is 2.22. The molecular formula is C9H9ClFNO. The molecule has 4 heteroatoms. The lowest BCUT2D eigenvalue weighted by Gasteiger charge is -2.04. The van der Waals surface area contributed by atoms with E-state index in [4.69, 9.17) is 17.3 Å². The number of nitrogens with two attached hydrogens (primary N) is 1. The number of hydrogen-bond acceptors (Lipinski definition) is 2. The predicted molar refractivity (Wildman–Crippen MR) is 50.5 cm³/mol. The lowest BCUT2D eigenvalue weighted by molar-refractivity contribution is 0.0988.